The first-order chi connectivity index (χ1) is 7.50. The number of benzene rings is 1. The van der Waals surface area contributed by atoms with Crippen molar-refractivity contribution in [1.29, 1.82) is 0 Å². The van der Waals surface area contributed by atoms with Gasteiger partial charge < -0.3 is 0 Å². The van der Waals surface area contributed by atoms with Crippen molar-refractivity contribution >= 4 is 17.5 Å². The van der Waals surface area contributed by atoms with Gasteiger partial charge in [-0.3, -0.25) is 4.79 Å². The zero-order valence-corrected chi connectivity index (χ0v) is 10.7. The molecule has 0 aliphatic rings. The lowest BCUT2D eigenvalue weighted by Crippen LogP contribution is -2.11. The minimum absolute atomic E-state index is 0.00278. The van der Waals surface area contributed by atoms with E-state index >= 15 is 0 Å². The SMILES string of the molecule is CC(C)C(C)SCC(=O)c1cccc(F)c1. The van der Waals surface area contributed by atoms with Crippen LogP contribution < -0.4 is 0 Å². The molecule has 0 aliphatic carbocycles. The van der Waals surface area contributed by atoms with Crippen LogP contribution in [-0.2, 0) is 0 Å². The number of Topliss-reactive ketones (excluding diaryl/α,β-unsaturated/α-hetero) is 1. The third kappa shape index (κ3) is 3.97. The molecule has 1 unspecified atom stereocenters. The van der Waals surface area contributed by atoms with E-state index in [0.29, 0.717) is 22.5 Å². The van der Waals surface area contributed by atoms with Crippen LogP contribution in [0.1, 0.15) is 31.1 Å². The fraction of sp³-hybridized carbons (Fsp3) is 0.462. The summed E-state index contributed by atoms with van der Waals surface area (Å²) in [6, 6.07) is 5.87. The molecule has 0 heterocycles. The van der Waals surface area contributed by atoms with Crippen LogP contribution in [-0.4, -0.2) is 16.8 Å². The van der Waals surface area contributed by atoms with Crippen molar-refractivity contribution in [3.8, 4) is 0 Å². The Kier molecular flexibility index (Phi) is 5.00. The molecular weight excluding hydrogens is 223 g/mol. The van der Waals surface area contributed by atoms with Crippen molar-refractivity contribution in [3.63, 3.8) is 0 Å². The van der Waals surface area contributed by atoms with Crippen LogP contribution in [0.15, 0.2) is 24.3 Å². The van der Waals surface area contributed by atoms with Crippen LogP contribution in [0.3, 0.4) is 0 Å². The van der Waals surface area contributed by atoms with Gasteiger partial charge >= 0.3 is 0 Å². The smallest absolute Gasteiger partial charge is 0.172 e. The maximum absolute atomic E-state index is 12.9. The van der Waals surface area contributed by atoms with Crippen LogP contribution in [0.4, 0.5) is 4.39 Å². The van der Waals surface area contributed by atoms with Gasteiger partial charge in [-0.25, -0.2) is 4.39 Å². The Morgan fingerprint density at radius 2 is 2.06 bits per heavy atom. The minimum Gasteiger partial charge on any atom is -0.293 e. The molecular formula is C13H17FOS. The Bertz CT molecular complexity index is 363. The van der Waals surface area contributed by atoms with Crippen molar-refractivity contribution in [2.45, 2.75) is 26.0 Å². The summed E-state index contributed by atoms with van der Waals surface area (Å²) in [4.78, 5) is 11.7. The average molecular weight is 240 g/mol. The number of carbonyl (C=O) groups excluding carboxylic acids is 1. The van der Waals surface area contributed by atoms with Crippen molar-refractivity contribution in [2.75, 3.05) is 5.75 Å². The fourth-order valence-electron chi connectivity index (χ4n) is 1.14. The summed E-state index contributed by atoms with van der Waals surface area (Å²) < 4.78 is 12.9. The fourth-order valence-corrected chi connectivity index (χ4v) is 2.11. The van der Waals surface area contributed by atoms with Crippen LogP contribution in [0.2, 0.25) is 0 Å². The predicted octanol–water partition coefficient (Wildman–Crippen LogP) is 3.79. The van der Waals surface area contributed by atoms with Gasteiger partial charge in [-0.05, 0) is 18.1 Å². The van der Waals surface area contributed by atoms with E-state index in [4.69, 9.17) is 0 Å². The van der Waals surface area contributed by atoms with Gasteiger partial charge in [0.2, 0.25) is 0 Å². The summed E-state index contributed by atoms with van der Waals surface area (Å²) in [5.41, 5.74) is 0.462. The Balaban J connectivity index is 2.53. The Morgan fingerprint density at radius 1 is 1.38 bits per heavy atom. The summed E-state index contributed by atoms with van der Waals surface area (Å²) in [7, 11) is 0. The molecule has 0 aromatic heterocycles. The summed E-state index contributed by atoms with van der Waals surface area (Å²) in [6.07, 6.45) is 0. The average Bonchev–Trinajstić information content (AvgIpc) is 2.25. The molecule has 0 N–H and O–H groups in total. The van der Waals surface area contributed by atoms with E-state index in [1.165, 1.54) is 12.1 Å². The van der Waals surface area contributed by atoms with Gasteiger partial charge in [0.05, 0.1) is 5.75 Å². The highest BCUT2D eigenvalue weighted by Gasteiger charge is 2.12. The Morgan fingerprint density at radius 3 is 2.62 bits per heavy atom. The monoisotopic (exact) mass is 240 g/mol. The number of hydrogen-bond donors (Lipinski definition) is 0. The molecule has 1 aromatic rings. The molecule has 0 saturated heterocycles. The Hall–Kier alpha value is -0.830. The van der Waals surface area contributed by atoms with Gasteiger partial charge in [-0.2, -0.15) is 11.8 Å². The number of rotatable bonds is 5. The Labute approximate surface area is 100 Å². The molecule has 1 nitrogen and oxygen atoms in total. The highest BCUT2D eigenvalue weighted by atomic mass is 32.2. The third-order valence-electron chi connectivity index (χ3n) is 2.56. The van der Waals surface area contributed by atoms with Gasteiger partial charge in [-0.15, -0.1) is 0 Å². The van der Waals surface area contributed by atoms with Crippen molar-refractivity contribution < 1.29 is 9.18 Å². The maximum Gasteiger partial charge on any atom is 0.172 e. The summed E-state index contributed by atoms with van der Waals surface area (Å²) >= 11 is 1.62. The molecule has 0 radical (unpaired) electrons. The molecule has 0 amide bonds. The molecule has 0 fully saturated rings. The first-order valence-electron chi connectivity index (χ1n) is 5.41. The van der Waals surface area contributed by atoms with Crippen LogP contribution in [0.25, 0.3) is 0 Å². The quantitative estimate of drug-likeness (QED) is 0.728. The molecule has 3 heteroatoms. The molecule has 0 bridgehead atoms. The third-order valence-corrected chi connectivity index (χ3v) is 4.06. The summed E-state index contributed by atoms with van der Waals surface area (Å²) in [5.74, 6) is 0.609. The zero-order chi connectivity index (χ0) is 12.1. The second-order valence-electron chi connectivity index (χ2n) is 4.19. The highest BCUT2D eigenvalue weighted by molar-refractivity contribution is 8.00. The first kappa shape index (κ1) is 13.2. The van der Waals surface area contributed by atoms with Gasteiger partial charge in [-0.1, -0.05) is 32.9 Å². The second-order valence-corrected chi connectivity index (χ2v) is 5.56. The molecule has 0 saturated carbocycles. The van der Waals surface area contributed by atoms with Crippen LogP contribution in [0.5, 0.6) is 0 Å². The lowest BCUT2D eigenvalue weighted by molar-refractivity contribution is 0.102. The van der Waals surface area contributed by atoms with E-state index in [0.717, 1.165) is 0 Å². The number of hydrogen-bond acceptors (Lipinski definition) is 2. The molecule has 16 heavy (non-hydrogen) atoms. The summed E-state index contributed by atoms with van der Waals surface area (Å²) in [5, 5.41) is 0.442. The zero-order valence-electron chi connectivity index (χ0n) is 9.87. The van der Waals surface area contributed by atoms with E-state index in [1.807, 2.05) is 0 Å². The van der Waals surface area contributed by atoms with Crippen molar-refractivity contribution in [2.24, 2.45) is 5.92 Å². The van der Waals surface area contributed by atoms with Crippen LogP contribution in [0, 0.1) is 11.7 Å². The van der Waals surface area contributed by atoms with Gasteiger partial charge in [0, 0.05) is 10.8 Å². The van der Waals surface area contributed by atoms with Crippen LogP contribution >= 0.6 is 11.8 Å². The molecule has 1 rings (SSSR count). The minimum atomic E-state index is -0.354. The van der Waals surface area contributed by atoms with Crippen molar-refractivity contribution in [3.05, 3.63) is 35.6 Å². The number of carbonyl (C=O) groups is 1. The molecule has 1 atom stereocenters. The van der Waals surface area contributed by atoms with Gasteiger partial charge in [0.25, 0.3) is 0 Å². The van der Waals surface area contributed by atoms with Gasteiger partial charge in [0.15, 0.2) is 5.78 Å². The van der Waals surface area contributed by atoms with Crippen molar-refractivity contribution in [1.82, 2.24) is 0 Å². The topological polar surface area (TPSA) is 17.1 Å². The maximum atomic E-state index is 12.9. The van der Waals surface area contributed by atoms with Gasteiger partial charge in [0.1, 0.15) is 5.82 Å². The van der Waals surface area contributed by atoms with E-state index in [-0.39, 0.29) is 11.6 Å². The van der Waals surface area contributed by atoms with E-state index in [2.05, 4.69) is 20.8 Å². The second kappa shape index (κ2) is 6.04. The summed E-state index contributed by atoms with van der Waals surface area (Å²) in [6.45, 7) is 6.36. The van der Waals surface area contributed by atoms with E-state index < -0.39 is 0 Å². The molecule has 88 valence electrons. The number of halogens is 1. The predicted molar refractivity (Wildman–Crippen MR) is 67.5 cm³/mol. The van der Waals surface area contributed by atoms with E-state index in [1.54, 1.807) is 23.9 Å². The normalized spacial score (nSPS) is 12.8. The van der Waals surface area contributed by atoms with E-state index in [9.17, 15) is 9.18 Å². The number of thioether (sulfide) groups is 1. The lowest BCUT2D eigenvalue weighted by atomic mass is 10.1. The lowest BCUT2D eigenvalue weighted by Gasteiger charge is -2.14. The standard InChI is InChI=1S/C13H17FOS/c1-9(2)10(3)16-8-13(15)11-5-4-6-12(14)7-11/h4-7,9-10H,8H2,1-3H3. The molecule has 0 aliphatic heterocycles. The number of ketones is 1. The first-order valence-corrected chi connectivity index (χ1v) is 6.46. The molecule has 0 spiro atoms. The largest absolute Gasteiger partial charge is 0.293 e. The molecule has 1 aromatic carbocycles. The highest BCUT2D eigenvalue weighted by Crippen LogP contribution is 2.20.